The van der Waals surface area contributed by atoms with Crippen LogP contribution in [0.1, 0.15) is 24.0 Å². The van der Waals surface area contributed by atoms with Crippen LogP contribution in [0, 0.1) is 19.8 Å². The van der Waals surface area contributed by atoms with Crippen molar-refractivity contribution in [3.05, 3.63) is 23.3 Å². The molecule has 0 aliphatic carbocycles. The molecular formula is C15H23NO2. The molecule has 1 aliphatic heterocycles. The van der Waals surface area contributed by atoms with Crippen molar-refractivity contribution in [2.45, 2.75) is 26.7 Å². The Kier molecular flexibility index (Phi) is 4.48. The topological polar surface area (TPSA) is 30.5 Å². The van der Waals surface area contributed by atoms with Crippen molar-refractivity contribution < 1.29 is 9.47 Å². The highest BCUT2D eigenvalue weighted by atomic mass is 16.5. The van der Waals surface area contributed by atoms with Crippen molar-refractivity contribution in [3.63, 3.8) is 0 Å². The molecule has 1 saturated heterocycles. The fourth-order valence-corrected chi connectivity index (χ4v) is 2.56. The standard InChI is InChI=1S/C15H23NO2/c1-11-6-7-14(12(2)15(11)17-3)16-9-13-5-4-8-18-10-13/h6-7,13,16H,4-5,8-10H2,1-3H3. The van der Waals surface area contributed by atoms with Gasteiger partial charge in [0.25, 0.3) is 0 Å². The summed E-state index contributed by atoms with van der Waals surface area (Å²) in [6.45, 7) is 6.96. The largest absolute Gasteiger partial charge is 0.496 e. The highest BCUT2D eigenvalue weighted by Crippen LogP contribution is 2.29. The number of ether oxygens (including phenoxy) is 2. The molecule has 0 bridgehead atoms. The molecule has 1 fully saturated rings. The Bertz CT molecular complexity index is 398. The first-order chi connectivity index (χ1) is 8.72. The minimum Gasteiger partial charge on any atom is -0.496 e. The van der Waals surface area contributed by atoms with E-state index >= 15 is 0 Å². The first-order valence-corrected chi connectivity index (χ1v) is 6.68. The zero-order valence-electron chi connectivity index (χ0n) is 11.6. The van der Waals surface area contributed by atoms with Crippen LogP contribution >= 0.6 is 0 Å². The van der Waals surface area contributed by atoms with Gasteiger partial charge < -0.3 is 14.8 Å². The molecule has 1 atom stereocenters. The first-order valence-electron chi connectivity index (χ1n) is 6.68. The number of hydrogen-bond donors (Lipinski definition) is 1. The summed E-state index contributed by atoms with van der Waals surface area (Å²) in [5, 5.41) is 3.52. The Morgan fingerprint density at radius 3 is 2.89 bits per heavy atom. The Morgan fingerprint density at radius 1 is 1.39 bits per heavy atom. The van der Waals surface area contributed by atoms with Gasteiger partial charge in [-0.15, -0.1) is 0 Å². The third kappa shape index (κ3) is 2.96. The molecule has 0 saturated carbocycles. The fraction of sp³-hybridized carbons (Fsp3) is 0.600. The molecule has 2 rings (SSSR count). The second-order valence-corrected chi connectivity index (χ2v) is 5.05. The molecule has 1 aromatic rings. The van der Waals surface area contributed by atoms with E-state index in [-0.39, 0.29) is 0 Å². The quantitative estimate of drug-likeness (QED) is 0.889. The summed E-state index contributed by atoms with van der Waals surface area (Å²) in [6, 6.07) is 4.24. The molecule has 0 aromatic heterocycles. The fourth-order valence-electron chi connectivity index (χ4n) is 2.56. The third-order valence-electron chi connectivity index (χ3n) is 3.64. The van der Waals surface area contributed by atoms with Gasteiger partial charge in [-0.2, -0.15) is 0 Å². The van der Waals surface area contributed by atoms with E-state index in [9.17, 15) is 0 Å². The van der Waals surface area contributed by atoms with Crippen LogP contribution in [0.3, 0.4) is 0 Å². The number of nitrogens with one attached hydrogen (secondary N) is 1. The van der Waals surface area contributed by atoms with Gasteiger partial charge in [0, 0.05) is 24.4 Å². The van der Waals surface area contributed by atoms with Crippen LogP contribution in [0.25, 0.3) is 0 Å². The Labute approximate surface area is 109 Å². The van der Waals surface area contributed by atoms with Crippen molar-refractivity contribution in [1.82, 2.24) is 0 Å². The van der Waals surface area contributed by atoms with E-state index in [1.165, 1.54) is 29.7 Å². The summed E-state index contributed by atoms with van der Waals surface area (Å²) in [7, 11) is 1.73. The van der Waals surface area contributed by atoms with Crippen LogP contribution in [0.2, 0.25) is 0 Å². The number of benzene rings is 1. The van der Waals surface area contributed by atoms with Gasteiger partial charge in [-0.05, 0) is 44.2 Å². The van der Waals surface area contributed by atoms with Gasteiger partial charge in [-0.1, -0.05) is 6.07 Å². The minimum absolute atomic E-state index is 0.630. The zero-order valence-corrected chi connectivity index (χ0v) is 11.6. The lowest BCUT2D eigenvalue weighted by molar-refractivity contribution is 0.0595. The lowest BCUT2D eigenvalue weighted by Gasteiger charge is -2.23. The first kappa shape index (κ1) is 13.2. The highest BCUT2D eigenvalue weighted by Gasteiger charge is 2.14. The number of aryl methyl sites for hydroxylation is 1. The summed E-state index contributed by atoms with van der Waals surface area (Å²) in [5.74, 6) is 1.62. The molecule has 1 N–H and O–H groups in total. The van der Waals surface area contributed by atoms with Gasteiger partial charge in [-0.3, -0.25) is 0 Å². The molecule has 0 radical (unpaired) electrons. The van der Waals surface area contributed by atoms with Gasteiger partial charge in [0.05, 0.1) is 13.7 Å². The van der Waals surface area contributed by atoms with Crippen LogP contribution < -0.4 is 10.1 Å². The van der Waals surface area contributed by atoms with Gasteiger partial charge in [0.2, 0.25) is 0 Å². The van der Waals surface area contributed by atoms with Crippen LogP contribution in [0.5, 0.6) is 5.75 Å². The normalized spacial score (nSPS) is 19.6. The number of hydrogen-bond acceptors (Lipinski definition) is 3. The minimum atomic E-state index is 0.630. The molecule has 3 nitrogen and oxygen atoms in total. The number of anilines is 1. The van der Waals surface area contributed by atoms with Crippen molar-refractivity contribution >= 4 is 5.69 Å². The third-order valence-corrected chi connectivity index (χ3v) is 3.64. The molecule has 1 unspecified atom stereocenters. The second-order valence-electron chi connectivity index (χ2n) is 5.05. The predicted molar refractivity (Wildman–Crippen MR) is 74.5 cm³/mol. The summed E-state index contributed by atoms with van der Waals surface area (Å²) in [5.41, 5.74) is 3.54. The smallest absolute Gasteiger partial charge is 0.126 e. The molecule has 100 valence electrons. The second kappa shape index (κ2) is 6.10. The molecule has 18 heavy (non-hydrogen) atoms. The molecule has 0 amide bonds. The van der Waals surface area contributed by atoms with Gasteiger partial charge in [-0.25, -0.2) is 0 Å². The van der Waals surface area contributed by atoms with Crippen molar-refractivity contribution in [3.8, 4) is 5.75 Å². The summed E-state index contributed by atoms with van der Waals surface area (Å²) < 4.78 is 10.9. The number of methoxy groups -OCH3 is 1. The van der Waals surface area contributed by atoms with E-state index < -0.39 is 0 Å². The van der Waals surface area contributed by atoms with E-state index in [0.29, 0.717) is 5.92 Å². The SMILES string of the molecule is COc1c(C)ccc(NCC2CCCOC2)c1C. The van der Waals surface area contributed by atoms with Crippen molar-refractivity contribution in [2.75, 3.05) is 32.2 Å². The molecule has 1 heterocycles. The lowest BCUT2D eigenvalue weighted by Crippen LogP contribution is -2.24. The maximum Gasteiger partial charge on any atom is 0.126 e. The van der Waals surface area contributed by atoms with Crippen molar-refractivity contribution in [1.29, 1.82) is 0 Å². The highest BCUT2D eigenvalue weighted by molar-refractivity contribution is 5.59. The Hall–Kier alpha value is -1.22. The Morgan fingerprint density at radius 2 is 2.22 bits per heavy atom. The van der Waals surface area contributed by atoms with Gasteiger partial charge in [0.1, 0.15) is 5.75 Å². The summed E-state index contributed by atoms with van der Waals surface area (Å²) in [4.78, 5) is 0. The average Bonchev–Trinajstić information content (AvgIpc) is 2.40. The average molecular weight is 249 g/mol. The monoisotopic (exact) mass is 249 g/mol. The number of rotatable bonds is 4. The van der Waals surface area contributed by atoms with E-state index in [0.717, 1.165) is 25.5 Å². The van der Waals surface area contributed by atoms with Crippen molar-refractivity contribution in [2.24, 2.45) is 5.92 Å². The molecule has 3 heteroatoms. The van der Waals surface area contributed by atoms with Crippen LogP contribution in [0.15, 0.2) is 12.1 Å². The Balaban J connectivity index is 2.00. The van der Waals surface area contributed by atoms with Crippen LogP contribution in [0.4, 0.5) is 5.69 Å². The molecular weight excluding hydrogens is 226 g/mol. The van der Waals surface area contributed by atoms with E-state index in [1.54, 1.807) is 7.11 Å². The summed E-state index contributed by atoms with van der Waals surface area (Å²) >= 11 is 0. The van der Waals surface area contributed by atoms with E-state index in [1.807, 2.05) is 0 Å². The maximum atomic E-state index is 5.50. The maximum absolute atomic E-state index is 5.50. The molecule has 0 spiro atoms. The van der Waals surface area contributed by atoms with E-state index in [2.05, 4.69) is 31.3 Å². The lowest BCUT2D eigenvalue weighted by atomic mass is 10.0. The molecule has 1 aliphatic rings. The van der Waals surface area contributed by atoms with Gasteiger partial charge in [0.15, 0.2) is 0 Å². The van der Waals surface area contributed by atoms with Gasteiger partial charge >= 0.3 is 0 Å². The van der Waals surface area contributed by atoms with E-state index in [4.69, 9.17) is 9.47 Å². The predicted octanol–water partition coefficient (Wildman–Crippen LogP) is 3.15. The zero-order chi connectivity index (χ0) is 13.0. The molecule has 1 aromatic carbocycles. The van der Waals surface area contributed by atoms with Crippen LogP contribution in [-0.4, -0.2) is 26.9 Å². The summed E-state index contributed by atoms with van der Waals surface area (Å²) in [6.07, 6.45) is 2.44. The van der Waals surface area contributed by atoms with Crippen LogP contribution in [-0.2, 0) is 4.74 Å².